The molecular weight excluding hydrogens is 1100 g/mol. The fourth-order valence-electron chi connectivity index (χ4n) is 14.0. The molecule has 4 fully saturated rings. The molecule has 1 amide bonds. The van der Waals surface area contributed by atoms with Crippen molar-refractivity contribution in [2.75, 3.05) is 35.3 Å². The number of primary amides is 1. The van der Waals surface area contributed by atoms with Crippen LogP contribution in [0.3, 0.4) is 0 Å². The largest absolute Gasteiger partial charge is 0.508 e. The third kappa shape index (κ3) is 12.5. The van der Waals surface area contributed by atoms with E-state index < -0.39 is 183 Å². The summed E-state index contributed by atoms with van der Waals surface area (Å²) in [5.74, 6) is -13.8. The van der Waals surface area contributed by atoms with Crippen LogP contribution in [-0.2, 0) is 52.4 Å². The summed E-state index contributed by atoms with van der Waals surface area (Å²) in [6.07, 6.45) is -11.3. The summed E-state index contributed by atoms with van der Waals surface area (Å²) in [5, 5.41) is 113. The van der Waals surface area contributed by atoms with Crippen LogP contribution in [0.15, 0.2) is 35.1 Å². The van der Waals surface area contributed by atoms with Crippen molar-refractivity contribution >= 4 is 35.0 Å². The van der Waals surface area contributed by atoms with Crippen LogP contribution in [0.1, 0.15) is 119 Å². The van der Waals surface area contributed by atoms with E-state index in [1.165, 1.54) is 52.9 Å². The van der Waals surface area contributed by atoms with Gasteiger partial charge >= 0.3 is 5.97 Å². The minimum Gasteiger partial charge on any atom is -0.508 e. The molecule has 6 aliphatic rings. The molecule has 24 atom stereocenters. The number of benzene rings is 1. The number of carbonyl (C=O) groups excluding carboxylic acids is 5. The molecule has 476 valence electrons. The minimum absolute atomic E-state index is 0. The quantitative estimate of drug-likeness (QED) is 0.118. The number of ketones is 3. The summed E-state index contributed by atoms with van der Waals surface area (Å²) in [4.78, 5) is 69.7. The van der Waals surface area contributed by atoms with Crippen LogP contribution in [0.2, 0.25) is 0 Å². The fraction of sp³-hybridized carbons (Fsp3) is 0.746. The number of ether oxygens (including phenoxy) is 6. The smallest absolute Gasteiger partial charge is 0.311 e. The highest BCUT2D eigenvalue weighted by Gasteiger charge is 2.68. The van der Waals surface area contributed by atoms with Gasteiger partial charge < -0.3 is 95.6 Å². The van der Waals surface area contributed by atoms with Gasteiger partial charge in [-0.25, -0.2) is 0 Å². The fourth-order valence-corrected chi connectivity index (χ4v) is 14.0. The standard InChI is InChI=1S/C37H67NO13.C22H24N2O8.H2O/c1-14-25-37(10,45)30(41)20(4)27(39)18(2)16-35(8,44)32(51-34-28(40)24(38(11)12)15-19(3)47-34)21(5)29(22(6)33(43)49-25)50-26-17-36(9,46-13)31(42)23(7)48-26;1-7-8-5-4-6-9(25)11(8)16(26)12-10(7)17(27)14-15(24(2)3)18(28)13(21(23)31)20(30)22(14,32)19(12)29;/h18-26,28-32,34,40-42,44-45H,14-17H2,1-13H3;4-7,10,14-15,17,25-27,30,32H,1-3H3,(H2,23,31);1H2/t18-,19-,20+,21+,22-,23+,24+,25-,26+,28-,29+,30-,31+,32-,34+,35-,36-,37-;7-,10+,14+,15-,17-,22-;/m10./s1. The van der Waals surface area contributed by atoms with Crippen molar-refractivity contribution in [3.05, 3.63) is 46.2 Å². The monoisotopic (exact) mass is 1200 g/mol. The van der Waals surface area contributed by atoms with E-state index in [1.54, 1.807) is 60.6 Å². The van der Waals surface area contributed by atoms with Crippen molar-refractivity contribution in [1.82, 2.24) is 9.80 Å². The lowest BCUT2D eigenvalue weighted by atomic mass is 9.54. The Morgan fingerprint density at radius 2 is 1.42 bits per heavy atom. The number of fused-ring (bicyclic) bond motifs is 3. The van der Waals surface area contributed by atoms with Crippen LogP contribution in [0.4, 0.5) is 0 Å². The van der Waals surface area contributed by atoms with Gasteiger partial charge in [-0.15, -0.1) is 0 Å². The van der Waals surface area contributed by atoms with Crippen molar-refractivity contribution in [1.29, 1.82) is 0 Å². The van der Waals surface area contributed by atoms with E-state index in [0.29, 0.717) is 12.0 Å². The van der Waals surface area contributed by atoms with E-state index in [1.807, 2.05) is 25.9 Å². The second kappa shape index (κ2) is 26.0. The number of rotatable bonds is 9. The van der Waals surface area contributed by atoms with Gasteiger partial charge in [0.2, 0.25) is 5.78 Å². The van der Waals surface area contributed by atoms with E-state index in [0.717, 1.165) is 0 Å². The number of likely N-dealkylation sites (N-methyl/N-ethyl adjacent to an activating group) is 2. The first kappa shape index (κ1) is 70.2. The summed E-state index contributed by atoms with van der Waals surface area (Å²) in [5.41, 5.74) is -3.37. The number of carbonyl (C=O) groups is 5. The SMILES string of the molecule is CC[C@H]1OC(=O)[C@H](C)[C@@H](O[C@H]2C[C@@](C)(OC)[C@@H](O)[C@H](C)O2)[C@H](C)[C@@H](O[C@@H]2O[C@H](C)C[C@H](N(C)C)[C@H]2O)[C@](C)(O)C[C@@H](C)C(=O)[C@H](C)[C@@H](O)[C@]1(C)O.C[C@H]1c2cccc(O)c2C(O)=C2C(=O)[C@]3(O)C(O)=C(C(N)=O)C(=O)[C@@H](N(C)C)[C@@H]3[C@@H](O)[C@@H]21.O. The Labute approximate surface area is 490 Å². The van der Waals surface area contributed by atoms with Crippen molar-refractivity contribution < 1.29 is 109 Å². The molecule has 7 rings (SSSR count). The van der Waals surface area contributed by atoms with Gasteiger partial charge in [-0.3, -0.25) is 28.9 Å². The Kier molecular flexibility index (Phi) is 21.8. The molecular formula is C59H93N3O22. The Balaban J connectivity index is 0.000000334. The zero-order chi connectivity index (χ0) is 62.8. The molecule has 0 radical (unpaired) electrons. The Morgan fingerprint density at radius 3 is 1.96 bits per heavy atom. The van der Waals surface area contributed by atoms with Crippen LogP contribution >= 0.6 is 0 Å². The minimum atomic E-state index is -2.89. The topological polar surface area (TPSA) is 407 Å². The Bertz CT molecular complexity index is 2660. The summed E-state index contributed by atoms with van der Waals surface area (Å²) >= 11 is 0. The first-order valence-corrected chi connectivity index (χ1v) is 28.5. The van der Waals surface area contributed by atoms with Crippen molar-refractivity contribution in [2.45, 2.75) is 210 Å². The first-order valence-electron chi connectivity index (χ1n) is 28.5. The molecule has 0 bridgehead atoms. The average Bonchev–Trinajstić information content (AvgIpc) is 0.859. The molecule has 3 aliphatic carbocycles. The molecule has 1 aromatic rings. The molecule has 3 aliphatic heterocycles. The average molecular weight is 1200 g/mol. The lowest BCUT2D eigenvalue weighted by Gasteiger charge is -2.53. The van der Waals surface area contributed by atoms with Crippen molar-refractivity contribution in [3.8, 4) is 5.75 Å². The van der Waals surface area contributed by atoms with E-state index in [2.05, 4.69) is 0 Å². The second-order valence-electron chi connectivity index (χ2n) is 25.3. The number of amides is 1. The Hall–Kier alpha value is -4.55. The summed E-state index contributed by atoms with van der Waals surface area (Å²) in [6, 6.07) is 2.81. The molecule has 25 nitrogen and oxygen atoms in total. The predicted molar refractivity (Wildman–Crippen MR) is 300 cm³/mol. The zero-order valence-corrected chi connectivity index (χ0v) is 51.0. The van der Waals surface area contributed by atoms with Gasteiger partial charge in [0.1, 0.15) is 52.5 Å². The number of phenolic OH excluding ortho intramolecular Hbond substituents is 1. The van der Waals surface area contributed by atoms with Gasteiger partial charge in [0, 0.05) is 48.8 Å². The maximum atomic E-state index is 14.1. The van der Waals surface area contributed by atoms with E-state index in [4.69, 9.17) is 34.2 Å². The Morgan fingerprint density at radius 1 is 0.810 bits per heavy atom. The van der Waals surface area contributed by atoms with Gasteiger partial charge in [0.05, 0.1) is 71.3 Å². The lowest BCUT2D eigenvalue weighted by molar-refractivity contribution is -0.318. The molecule has 14 N–H and O–H groups in total. The predicted octanol–water partition coefficient (Wildman–Crippen LogP) is 0.457. The molecule has 84 heavy (non-hydrogen) atoms. The number of methoxy groups -OCH3 is 1. The number of cyclic esters (lactones) is 1. The van der Waals surface area contributed by atoms with Gasteiger partial charge in [-0.05, 0) is 107 Å². The number of aliphatic hydroxyl groups is 9. The summed E-state index contributed by atoms with van der Waals surface area (Å²) in [7, 11) is 8.10. The molecule has 0 unspecified atom stereocenters. The second-order valence-corrected chi connectivity index (χ2v) is 25.3. The number of Topliss-reactive ketones (excluding diaryl/α,β-unsaturated/α-hetero) is 3. The molecule has 25 heteroatoms. The van der Waals surface area contributed by atoms with Crippen molar-refractivity contribution in [2.24, 2.45) is 41.2 Å². The maximum Gasteiger partial charge on any atom is 0.311 e. The highest BCUT2D eigenvalue weighted by molar-refractivity contribution is 6.24. The van der Waals surface area contributed by atoms with Crippen molar-refractivity contribution in [3.63, 3.8) is 0 Å². The van der Waals surface area contributed by atoms with Gasteiger partial charge in [0.15, 0.2) is 24.0 Å². The third-order valence-electron chi connectivity index (χ3n) is 18.8. The highest BCUT2D eigenvalue weighted by Crippen LogP contribution is 2.56. The van der Waals surface area contributed by atoms with Gasteiger partial charge in [-0.1, -0.05) is 46.8 Å². The number of nitrogens with zero attached hydrogens (tertiary/aromatic N) is 2. The summed E-state index contributed by atoms with van der Waals surface area (Å²) < 4.78 is 37.1. The molecule has 3 saturated heterocycles. The first-order chi connectivity index (χ1) is 38.3. The van der Waals surface area contributed by atoms with E-state index in [-0.39, 0.29) is 48.2 Å². The number of phenols is 1. The maximum absolute atomic E-state index is 14.1. The molecule has 1 saturated carbocycles. The molecule has 1 aromatic carbocycles. The molecule has 3 heterocycles. The normalized spacial score (nSPS) is 43.3. The number of aromatic hydroxyl groups is 1. The van der Waals surface area contributed by atoms with Gasteiger partial charge in [-0.2, -0.15) is 0 Å². The number of hydrogen-bond donors (Lipinski definition) is 11. The number of aliphatic hydroxyl groups excluding tert-OH is 6. The van der Waals surface area contributed by atoms with Crippen LogP contribution in [0.5, 0.6) is 5.75 Å². The molecule has 0 spiro atoms. The zero-order valence-electron chi connectivity index (χ0n) is 51.0. The highest BCUT2D eigenvalue weighted by atomic mass is 16.7. The number of esters is 1. The lowest BCUT2D eigenvalue weighted by Crippen LogP contribution is -2.70. The van der Waals surface area contributed by atoms with Crippen LogP contribution in [-0.4, -0.2) is 233 Å². The van der Waals surface area contributed by atoms with Crippen LogP contribution in [0.25, 0.3) is 5.76 Å². The number of nitrogens with two attached hydrogens (primary N) is 1. The van der Waals surface area contributed by atoms with E-state index >= 15 is 0 Å². The number of hydrogen-bond acceptors (Lipinski definition) is 23. The molecule has 0 aromatic heterocycles. The third-order valence-corrected chi connectivity index (χ3v) is 18.8. The van der Waals surface area contributed by atoms with E-state index in [9.17, 15) is 75.0 Å². The van der Waals surface area contributed by atoms with Gasteiger partial charge in [0.25, 0.3) is 5.91 Å². The van der Waals surface area contributed by atoms with Crippen LogP contribution in [0, 0.1) is 35.5 Å². The van der Waals surface area contributed by atoms with Crippen LogP contribution < -0.4 is 5.73 Å². The summed E-state index contributed by atoms with van der Waals surface area (Å²) in [6.45, 7) is 18.0.